The first-order valence-corrected chi connectivity index (χ1v) is 13.8. The van der Waals surface area contributed by atoms with Gasteiger partial charge in [-0.05, 0) is 47.2 Å². The molecule has 0 bridgehead atoms. The van der Waals surface area contributed by atoms with Gasteiger partial charge in [-0.1, -0.05) is 97.1 Å². The maximum Gasteiger partial charge on any atom is 0.135 e. The number of benzene rings is 4. The molecule has 3 heterocycles. The summed E-state index contributed by atoms with van der Waals surface area (Å²) in [4.78, 5) is 14.8. The summed E-state index contributed by atoms with van der Waals surface area (Å²) in [6.45, 7) is 0. The van der Waals surface area contributed by atoms with E-state index >= 15 is 0 Å². The van der Waals surface area contributed by atoms with Crippen LogP contribution < -0.4 is 0 Å². The van der Waals surface area contributed by atoms with Crippen molar-refractivity contribution in [1.29, 1.82) is 0 Å². The third kappa shape index (κ3) is 3.64. The van der Waals surface area contributed by atoms with Crippen molar-refractivity contribution < 1.29 is 0 Å². The average Bonchev–Trinajstić information content (AvgIpc) is 3.26. The molecule has 0 N–H and O–H groups in total. The molecular weight excluding hydrogens is 488 g/mol. The normalized spacial score (nSPS) is 14.6. The molecule has 1 aliphatic carbocycles. The molecule has 0 fully saturated rings. The summed E-state index contributed by atoms with van der Waals surface area (Å²) >= 11 is 0. The summed E-state index contributed by atoms with van der Waals surface area (Å²) in [5, 5.41) is 2.36. The molecule has 1 unspecified atom stereocenters. The van der Waals surface area contributed by atoms with E-state index in [-0.39, 0.29) is 5.92 Å². The van der Waals surface area contributed by atoms with Crippen LogP contribution in [0.15, 0.2) is 128 Å². The molecule has 0 amide bonds. The summed E-state index contributed by atoms with van der Waals surface area (Å²) < 4.78 is 2.23. The fourth-order valence-corrected chi connectivity index (χ4v) is 6.31. The lowest BCUT2D eigenvalue weighted by Crippen LogP contribution is -2.08. The second-order valence-electron chi connectivity index (χ2n) is 10.4. The zero-order valence-electron chi connectivity index (χ0n) is 21.9. The zero-order valence-corrected chi connectivity index (χ0v) is 21.9. The van der Waals surface area contributed by atoms with Crippen molar-refractivity contribution in [3.8, 4) is 28.1 Å². The van der Waals surface area contributed by atoms with Gasteiger partial charge in [0.1, 0.15) is 5.82 Å². The minimum atomic E-state index is 0.144. The first-order chi connectivity index (χ1) is 19.8. The molecule has 0 aliphatic heterocycles. The Morgan fingerprint density at radius 1 is 0.600 bits per heavy atom. The van der Waals surface area contributed by atoms with Crippen LogP contribution in [0.5, 0.6) is 0 Å². The fraction of sp³-hybridized carbons (Fsp3) is 0.0833. The van der Waals surface area contributed by atoms with Crippen LogP contribution in [0.2, 0.25) is 0 Å². The molecule has 1 aliphatic rings. The van der Waals surface area contributed by atoms with Crippen LogP contribution in [0.3, 0.4) is 0 Å². The predicted octanol–water partition coefficient (Wildman–Crippen LogP) is 8.38. The number of pyridine rings is 1. The van der Waals surface area contributed by atoms with Crippen molar-refractivity contribution in [2.24, 2.45) is 0 Å². The van der Waals surface area contributed by atoms with Crippen molar-refractivity contribution in [2.75, 3.05) is 0 Å². The number of hydrogen-bond acceptors (Lipinski definition) is 3. The van der Waals surface area contributed by atoms with E-state index < -0.39 is 0 Å². The van der Waals surface area contributed by atoms with E-state index in [0.29, 0.717) is 0 Å². The minimum Gasteiger partial charge on any atom is -0.305 e. The molecular formula is C36H26N4. The summed E-state index contributed by atoms with van der Waals surface area (Å²) in [6, 6.07) is 38.5. The van der Waals surface area contributed by atoms with E-state index in [9.17, 15) is 0 Å². The van der Waals surface area contributed by atoms with E-state index in [1.165, 1.54) is 33.0 Å². The largest absolute Gasteiger partial charge is 0.305 e. The molecule has 0 radical (unpaired) electrons. The lowest BCUT2D eigenvalue weighted by Gasteiger charge is -2.17. The van der Waals surface area contributed by atoms with Gasteiger partial charge in [0.25, 0.3) is 0 Å². The number of nitrogens with zero attached hydrogens (tertiary/aromatic N) is 4. The van der Waals surface area contributed by atoms with Crippen LogP contribution in [-0.4, -0.2) is 19.5 Å². The van der Waals surface area contributed by atoms with Crippen LogP contribution >= 0.6 is 0 Å². The van der Waals surface area contributed by atoms with Crippen molar-refractivity contribution in [2.45, 2.75) is 18.8 Å². The molecule has 4 heteroatoms. The number of rotatable bonds is 3. The van der Waals surface area contributed by atoms with E-state index in [0.717, 1.165) is 46.6 Å². The summed E-state index contributed by atoms with van der Waals surface area (Å²) in [5.74, 6) is 1.01. The second kappa shape index (κ2) is 9.28. The van der Waals surface area contributed by atoms with Gasteiger partial charge in [0, 0.05) is 22.3 Å². The smallest absolute Gasteiger partial charge is 0.135 e. The number of para-hydroxylation sites is 1. The van der Waals surface area contributed by atoms with E-state index in [1.807, 2.05) is 24.7 Å². The van der Waals surface area contributed by atoms with Gasteiger partial charge in [0.2, 0.25) is 0 Å². The van der Waals surface area contributed by atoms with Gasteiger partial charge < -0.3 is 4.57 Å². The van der Waals surface area contributed by atoms with E-state index in [1.54, 1.807) is 0 Å². The Morgan fingerprint density at radius 3 is 2.20 bits per heavy atom. The molecule has 1 atom stereocenters. The van der Waals surface area contributed by atoms with Crippen LogP contribution in [0.1, 0.15) is 29.3 Å². The van der Waals surface area contributed by atoms with Gasteiger partial charge in [-0.2, -0.15) is 0 Å². The monoisotopic (exact) mass is 514 g/mol. The highest BCUT2D eigenvalue weighted by Gasteiger charge is 2.25. The van der Waals surface area contributed by atoms with E-state index in [2.05, 4.69) is 108 Å². The Balaban J connectivity index is 1.23. The Labute approximate surface area is 232 Å². The standard InChI is InChI=1S/C36H26N4/c1-2-11-25(12-3-1)33-20-32-30-16-8-9-17-34(30)40(35(32)23-37-33)26-21-38-36(39-22-26)31-19-18-24-10-4-5-13-27(24)28-14-6-7-15-29(28)31/h1-17,20-23,31H,18-19H2. The number of aromatic nitrogens is 4. The number of fused-ring (bicyclic) bond motifs is 6. The molecule has 40 heavy (non-hydrogen) atoms. The Bertz CT molecular complexity index is 2010. The maximum atomic E-state index is 4.99. The van der Waals surface area contributed by atoms with Crippen molar-refractivity contribution >= 4 is 21.8 Å². The highest BCUT2D eigenvalue weighted by Crippen LogP contribution is 2.40. The Morgan fingerprint density at radius 2 is 1.32 bits per heavy atom. The average molecular weight is 515 g/mol. The minimum absolute atomic E-state index is 0.144. The van der Waals surface area contributed by atoms with Gasteiger partial charge >= 0.3 is 0 Å². The lowest BCUT2D eigenvalue weighted by atomic mass is 9.90. The van der Waals surface area contributed by atoms with Crippen molar-refractivity contribution in [3.63, 3.8) is 0 Å². The SMILES string of the molecule is c1ccc(-c2cc3c4ccccc4n(-c4cnc(C5CCc6ccccc6-c6ccccc65)nc4)c3cn2)cc1. The Kier molecular flexibility index (Phi) is 5.30. The van der Waals surface area contributed by atoms with Gasteiger partial charge in [-0.3, -0.25) is 4.98 Å². The molecule has 0 saturated carbocycles. The molecule has 0 saturated heterocycles. The molecule has 3 aromatic heterocycles. The topological polar surface area (TPSA) is 43.6 Å². The summed E-state index contributed by atoms with van der Waals surface area (Å²) in [7, 11) is 0. The quantitative estimate of drug-likeness (QED) is 0.238. The first-order valence-electron chi connectivity index (χ1n) is 13.8. The zero-order chi connectivity index (χ0) is 26.5. The number of hydrogen-bond donors (Lipinski definition) is 0. The third-order valence-corrected chi connectivity index (χ3v) is 8.20. The number of aryl methyl sites for hydroxylation is 1. The highest BCUT2D eigenvalue weighted by molar-refractivity contribution is 6.09. The molecule has 4 nitrogen and oxygen atoms in total. The second-order valence-corrected chi connectivity index (χ2v) is 10.4. The van der Waals surface area contributed by atoms with Gasteiger partial charge in [-0.15, -0.1) is 0 Å². The molecule has 7 aromatic rings. The van der Waals surface area contributed by atoms with Gasteiger partial charge in [0.15, 0.2) is 0 Å². The molecule has 190 valence electrons. The summed E-state index contributed by atoms with van der Waals surface area (Å²) in [5.41, 5.74) is 10.5. The van der Waals surface area contributed by atoms with Gasteiger partial charge in [-0.25, -0.2) is 9.97 Å². The molecule has 4 aromatic carbocycles. The van der Waals surface area contributed by atoms with Crippen LogP contribution in [-0.2, 0) is 6.42 Å². The van der Waals surface area contributed by atoms with Crippen molar-refractivity contribution in [1.82, 2.24) is 19.5 Å². The lowest BCUT2D eigenvalue weighted by molar-refractivity contribution is 0.678. The van der Waals surface area contributed by atoms with Crippen molar-refractivity contribution in [3.05, 3.63) is 145 Å². The maximum absolute atomic E-state index is 4.99. The highest BCUT2D eigenvalue weighted by atomic mass is 15.0. The third-order valence-electron chi connectivity index (χ3n) is 8.20. The fourth-order valence-electron chi connectivity index (χ4n) is 6.31. The van der Waals surface area contributed by atoms with Crippen LogP contribution in [0, 0.1) is 0 Å². The van der Waals surface area contributed by atoms with Crippen LogP contribution in [0.25, 0.3) is 49.9 Å². The van der Waals surface area contributed by atoms with E-state index in [4.69, 9.17) is 15.0 Å². The predicted molar refractivity (Wildman–Crippen MR) is 162 cm³/mol. The first kappa shape index (κ1) is 22.9. The summed E-state index contributed by atoms with van der Waals surface area (Å²) in [6.07, 6.45) is 7.90. The molecule has 8 rings (SSSR count). The van der Waals surface area contributed by atoms with Gasteiger partial charge in [0.05, 0.1) is 41.0 Å². The van der Waals surface area contributed by atoms with Crippen LogP contribution in [0.4, 0.5) is 0 Å². The molecule has 0 spiro atoms. The Hall–Kier alpha value is -5.09.